The van der Waals surface area contributed by atoms with Gasteiger partial charge in [-0.3, -0.25) is 4.79 Å². The summed E-state index contributed by atoms with van der Waals surface area (Å²) in [7, 11) is 0. The molecule has 3 aromatic rings. The lowest BCUT2D eigenvalue weighted by Gasteiger charge is -2.17. The minimum Gasteiger partial charge on any atom is -0.506 e. The van der Waals surface area contributed by atoms with Gasteiger partial charge in [-0.1, -0.05) is 18.2 Å². The highest BCUT2D eigenvalue weighted by molar-refractivity contribution is 5.87. The van der Waals surface area contributed by atoms with E-state index in [4.69, 9.17) is 0 Å². The van der Waals surface area contributed by atoms with Gasteiger partial charge in [0.2, 0.25) is 5.56 Å². The molecular formula is C23H26N2O3. The number of aromatic amines is 1. The Labute approximate surface area is 164 Å². The van der Waals surface area contributed by atoms with Crippen LogP contribution in [-0.4, -0.2) is 28.3 Å². The second-order valence-corrected chi connectivity index (χ2v) is 7.94. The maximum Gasteiger partial charge on any atom is 0.248 e. The zero-order valence-corrected chi connectivity index (χ0v) is 16.2. The fraction of sp³-hybridized carbons (Fsp3) is 0.348. The van der Waals surface area contributed by atoms with E-state index in [-0.39, 0.29) is 11.3 Å². The van der Waals surface area contributed by atoms with E-state index in [0.29, 0.717) is 28.9 Å². The highest BCUT2D eigenvalue weighted by Crippen LogP contribution is 2.30. The average molecular weight is 378 g/mol. The number of H-pyrrole nitrogens is 1. The van der Waals surface area contributed by atoms with Crippen molar-refractivity contribution in [1.29, 1.82) is 0 Å². The maximum absolute atomic E-state index is 11.5. The molecule has 0 aliphatic heterocycles. The van der Waals surface area contributed by atoms with E-state index in [1.54, 1.807) is 12.1 Å². The molecule has 1 aromatic heterocycles. The minimum atomic E-state index is -0.720. The molecule has 4 rings (SSSR count). The second-order valence-electron chi connectivity index (χ2n) is 7.94. The van der Waals surface area contributed by atoms with Crippen molar-refractivity contribution < 1.29 is 10.2 Å². The summed E-state index contributed by atoms with van der Waals surface area (Å²) >= 11 is 0. The summed E-state index contributed by atoms with van der Waals surface area (Å²) in [5.41, 5.74) is 6.37. The summed E-state index contributed by atoms with van der Waals surface area (Å²) in [5.74, 6) is 0.544. The van der Waals surface area contributed by atoms with E-state index in [1.807, 2.05) is 0 Å². The Bertz CT molecular complexity index is 1060. The first-order valence-corrected chi connectivity index (χ1v) is 9.75. The molecule has 1 atom stereocenters. The summed E-state index contributed by atoms with van der Waals surface area (Å²) in [6.07, 6.45) is 1.42. The highest BCUT2D eigenvalue weighted by atomic mass is 16.3. The number of aromatic hydroxyl groups is 1. The summed E-state index contributed by atoms with van der Waals surface area (Å²) in [5, 5.41) is 24.7. The second kappa shape index (κ2) is 7.41. The Morgan fingerprint density at radius 3 is 2.46 bits per heavy atom. The third kappa shape index (κ3) is 3.55. The molecule has 1 heterocycles. The van der Waals surface area contributed by atoms with Crippen LogP contribution in [0.1, 0.15) is 33.9 Å². The summed E-state index contributed by atoms with van der Waals surface area (Å²) < 4.78 is 0. The number of aliphatic hydroxyl groups is 1. The van der Waals surface area contributed by atoms with Crippen molar-refractivity contribution in [3.05, 3.63) is 74.6 Å². The summed E-state index contributed by atoms with van der Waals surface area (Å²) in [4.78, 5) is 14.2. The quantitative estimate of drug-likeness (QED) is 0.550. The van der Waals surface area contributed by atoms with E-state index in [1.165, 1.54) is 34.4 Å². The van der Waals surface area contributed by atoms with Crippen LogP contribution in [0.3, 0.4) is 0 Å². The molecule has 4 N–H and O–H groups in total. The fourth-order valence-electron chi connectivity index (χ4n) is 4.24. The van der Waals surface area contributed by atoms with Crippen molar-refractivity contribution in [3.8, 4) is 5.75 Å². The van der Waals surface area contributed by atoms with Gasteiger partial charge in [-0.2, -0.15) is 0 Å². The molecule has 1 aliphatic rings. The standard InChI is InChI=1S/C23H26N2O3/c1-13-7-16-9-15(10-17(16)8-14(13)2)11-24-12-21(27)18-3-5-20(26)23-19(18)4-6-22(28)25-23/h3-8,15,21,24,26-27H,9-12H2,1-2H3,(H,25,28)/t21-/m0/s1. The van der Waals surface area contributed by atoms with Crippen LogP contribution in [0.4, 0.5) is 0 Å². The molecule has 0 fully saturated rings. The molecule has 5 nitrogen and oxygen atoms in total. The van der Waals surface area contributed by atoms with Gasteiger partial charge in [0.05, 0.1) is 11.6 Å². The number of fused-ring (bicyclic) bond motifs is 2. The highest BCUT2D eigenvalue weighted by Gasteiger charge is 2.22. The van der Waals surface area contributed by atoms with Crippen molar-refractivity contribution >= 4 is 10.9 Å². The van der Waals surface area contributed by atoms with Gasteiger partial charge in [0.1, 0.15) is 5.75 Å². The number of aliphatic hydroxyl groups excluding tert-OH is 1. The average Bonchev–Trinajstić information content (AvgIpc) is 3.04. The van der Waals surface area contributed by atoms with Crippen LogP contribution in [-0.2, 0) is 12.8 Å². The van der Waals surface area contributed by atoms with Gasteiger partial charge in [-0.15, -0.1) is 0 Å². The molecule has 0 saturated carbocycles. The number of aromatic nitrogens is 1. The number of phenolic OH excluding ortho intramolecular Hbond substituents is 1. The van der Waals surface area contributed by atoms with Crippen LogP contribution in [0.2, 0.25) is 0 Å². The largest absolute Gasteiger partial charge is 0.506 e. The third-order valence-electron chi connectivity index (χ3n) is 5.87. The molecular weight excluding hydrogens is 352 g/mol. The lowest BCUT2D eigenvalue weighted by atomic mass is 10.0. The molecule has 146 valence electrons. The Kier molecular flexibility index (Phi) is 4.96. The molecule has 2 aromatic carbocycles. The molecule has 0 radical (unpaired) electrons. The van der Waals surface area contributed by atoms with Crippen molar-refractivity contribution in [2.24, 2.45) is 5.92 Å². The van der Waals surface area contributed by atoms with E-state index in [0.717, 1.165) is 19.4 Å². The Hall–Kier alpha value is -2.63. The minimum absolute atomic E-state index is 0.00548. The normalized spacial score (nSPS) is 15.1. The predicted octanol–water partition coefficient (Wildman–Crippen LogP) is 2.89. The zero-order chi connectivity index (χ0) is 19.8. The van der Waals surface area contributed by atoms with Crippen molar-refractivity contribution in [3.63, 3.8) is 0 Å². The summed E-state index contributed by atoms with van der Waals surface area (Å²) in [6, 6.07) is 10.9. The van der Waals surface area contributed by atoms with Gasteiger partial charge < -0.3 is 20.5 Å². The number of benzene rings is 2. The van der Waals surface area contributed by atoms with Gasteiger partial charge in [0, 0.05) is 18.0 Å². The molecule has 5 heteroatoms. The van der Waals surface area contributed by atoms with Gasteiger partial charge in [0.15, 0.2) is 0 Å². The molecule has 1 aliphatic carbocycles. The molecule has 0 amide bonds. The Morgan fingerprint density at radius 2 is 1.79 bits per heavy atom. The van der Waals surface area contributed by atoms with Gasteiger partial charge in [-0.25, -0.2) is 0 Å². The van der Waals surface area contributed by atoms with E-state index in [2.05, 4.69) is 36.3 Å². The summed E-state index contributed by atoms with van der Waals surface area (Å²) in [6.45, 7) is 5.58. The molecule has 28 heavy (non-hydrogen) atoms. The Balaban J connectivity index is 1.41. The smallest absolute Gasteiger partial charge is 0.248 e. The van der Waals surface area contributed by atoms with Gasteiger partial charge in [0.25, 0.3) is 0 Å². The lowest BCUT2D eigenvalue weighted by Crippen LogP contribution is -2.27. The van der Waals surface area contributed by atoms with Crippen LogP contribution < -0.4 is 10.9 Å². The van der Waals surface area contributed by atoms with Crippen LogP contribution in [0.25, 0.3) is 10.9 Å². The van der Waals surface area contributed by atoms with Gasteiger partial charge >= 0.3 is 0 Å². The fourth-order valence-corrected chi connectivity index (χ4v) is 4.24. The first kappa shape index (κ1) is 18.7. The van der Waals surface area contributed by atoms with Crippen LogP contribution >= 0.6 is 0 Å². The van der Waals surface area contributed by atoms with E-state index in [9.17, 15) is 15.0 Å². The SMILES string of the molecule is Cc1cc2c(cc1C)CC(CNC[C@H](O)c1ccc(O)c3[nH]c(=O)ccc13)C2. The third-order valence-corrected chi connectivity index (χ3v) is 5.87. The number of phenols is 1. The monoisotopic (exact) mass is 378 g/mol. The number of hydrogen-bond donors (Lipinski definition) is 4. The van der Waals surface area contributed by atoms with Crippen LogP contribution in [0.5, 0.6) is 5.75 Å². The van der Waals surface area contributed by atoms with Crippen molar-refractivity contribution in [2.75, 3.05) is 13.1 Å². The molecule has 0 spiro atoms. The van der Waals surface area contributed by atoms with E-state index >= 15 is 0 Å². The first-order valence-electron chi connectivity index (χ1n) is 9.75. The molecule has 0 saturated heterocycles. The first-order chi connectivity index (χ1) is 13.4. The number of aryl methyl sites for hydroxylation is 2. The van der Waals surface area contributed by atoms with Gasteiger partial charge in [-0.05, 0) is 79.1 Å². The number of hydrogen-bond acceptors (Lipinski definition) is 4. The predicted molar refractivity (Wildman–Crippen MR) is 111 cm³/mol. The number of rotatable bonds is 5. The lowest BCUT2D eigenvalue weighted by molar-refractivity contribution is 0.174. The number of nitrogens with one attached hydrogen (secondary N) is 2. The molecule has 0 bridgehead atoms. The van der Waals surface area contributed by atoms with Crippen molar-refractivity contribution in [1.82, 2.24) is 10.3 Å². The zero-order valence-electron chi connectivity index (χ0n) is 16.2. The number of pyridine rings is 1. The topological polar surface area (TPSA) is 85.3 Å². The van der Waals surface area contributed by atoms with Crippen LogP contribution in [0.15, 0.2) is 41.2 Å². The maximum atomic E-state index is 11.5. The van der Waals surface area contributed by atoms with Crippen molar-refractivity contribution in [2.45, 2.75) is 32.8 Å². The Morgan fingerprint density at radius 1 is 1.11 bits per heavy atom. The van der Waals surface area contributed by atoms with E-state index < -0.39 is 6.10 Å². The van der Waals surface area contributed by atoms with Crippen LogP contribution in [0, 0.1) is 19.8 Å². The molecule has 0 unspecified atom stereocenters.